The van der Waals surface area contributed by atoms with Crippen molar-refractivity contribution in [1.82, 2.24) is 0 Å². The second-order valence-electron chi connectivity index (χ2n) is 5.61. The van der Waals surface area contributed by atoms with E-state index in [4.69, 9.17) is 9.84 Å². The molecule has 2 aromatic carbocycles. The van der Waals surface area contributed by atoms with Crippen LogP contribution >= 0.6 is 0 Å². The van der Waals surface area contributed by atoms with Crippen molar-refractivity contribution in [1.29, 1.82) is 0 Å². The standard InChI is InChI=1S/C17H21NO6S2/c1-3-13-4-6-14(7-5-13)26(22,23)18-16-12-15(25(2,20)21)8-9-17(16)24-11-10-19/h4-9,12,18-19H,3,10-11H2,1-2H3. The largest absolute Gasteiger partial charge is 0.489 e. The normalized spacial score (nSPS) is 12.0. The highest BCUT2D eigenvalue weighted by atomic mass is 32.2. The molecular weight excluding hydrogens is 378 g/mol. The quantitative estimate of drug-likeness (QED) is 0.701. The molecule has 7 nitrogen and oxygen atoms in total. The minimum Gasteiger partial charge on any atom is -0.489 e. The van der Waals surface area contributed by atoms with Crippen LogP contribution in [0.25, 0.3) is 0 Å². The second kappa shape index (κ2) is 8.07. The molecule has 0 atom stereocenters. The van der Waals surface area contributed by atoms with Crippen molar-refractivity contribution < 1.29 is 26.7 Å². The summed E-state index contributed by atoms with van der Waals surface area (Å²) in [5, 5.41) is 8.90. The summed E-state index contributed by atoms with van der Waals surface area (Å²) in [5.74, 6) is 0.125. The smallest absolute Gasteiger partial charge is 0.262 e. The van der Waals surface area contributed by atoms with Gasteiger partial charge in [0.2, 0.25) is 0 Å². The van der Waals surface area contributed by atoms with E-state index >= 15 is 0 Å². The summed E-state index contributed by atoms with van der Waals surface area (Å²) in [5.41, 5.74) is 0.982. The average molecular weight is 399 g/mol. The maximum atomic E-state index is 12.6. The molecule has 0 saturated heterocycles. The lowest BCUT2D eigenvalue weighted by molar-refractivity contribution is 0.202. The number of sulfonamides is 1. The molecule has 0 radical (unpaired) electrons. The van der Waals surface area contributed by atoms with Gasteiger partial charge < -0.3 is 9.84 Å². The molecule has 0 heterocycles. The fourth-order valence-electron chi connectivity index (χ4n) is 2.21. The van der Waals surface area contributed by atoms with Crippen molar-refractivity contribution in [3.63, 3.8) is 0 Å². The monoisotopic (exact) mass is 399 g/mol. The van der Waals surface area contributed by atoms with Crippen LogP contribution < -0.4 is 9.46 Å². The van der Waals surface area contributed by atoms with Gasteiger partial charge in [-0.05, 0) is 42.3 Å². The molecule has 142 valence electrons. The summed E-state index contributed by atoms with van der Waals surface area (Å²) in [4.78, 5) is 0.000413. The van der Waals surface area contributed by atoms with Crippen molar-refractivity contribution in [2.45, 2.75) is 23.1 Å². The van der Waals surface area contributed by atoms with E-state index in [0.717, 1.165) is 18.2 Å². The van der Waals surface area contributed by atoms with Gasteiger partial charge in [-0.25, -0.2) is 16.8 Å². The molecule has 26 heavy (non-hydrogen) atoms. The van der Waals surface area contributed by atoms with E-state index in [1.54, 1.807) is 12.1 Å². The minimum absolute atomic E-state index is 0.0130. The Morgan fingerprint density at radius 2 is 1.62 bits per heavy atom. The second-order valence-corrected chi connectivity index (χ2v) is 9.30. The highest BCUT2D eigenvalue weighted by Crippen LogP contribution is 2.30. The number of sulfone groups is 1. The first kappa shape index (κ1) is 20.2. The number of rotatable bonds is 8. The molecule has 0 aliphatic rings. The molecule has 0 aromatic heterocycles. The highest BCUT2D eigenvalue weighted by molar-refractivity contribution is 7.92. The fraction of sp³-hybridized carbons (Fsp3) is 0.294. The van der Waals surface area contributed by atoms with Crippen LogP contribution in [0.3, 0.4) is 0 Å². The zero-order valence-electron chi connectivity index (χ0n) is 14.5. The molecule has 9 heteroatoms. The van der Waals surface area contributed by atoms with Gasteiger partial charge in [-0.3, -0.25) is 4.72 Å². The Kier molecular flexibility index (Phi) is 6.27. The number of hydrogen-bond donors (Lipinski definition) is 2. The van der Waals surface area contributed by atoms with E-state index in [9.17, 15) is 16.8 Å². The third-order valence-electron chi connectivity index (χ3n) is 3.61. The van der Waals surface area contributed by atoms with Crippen LogP contribution in [0.1, 0.15) is 12.5 Å². The van der Waals surface area contributed by atoms with Gasteiger partial charge in [-0.1, -0.05) is 19.1 Å². The minimum atomic E-state index is -3.94. The zero-order chi connectivity index (χ0) is 19.4. The summed E-state index contributed by atoms with van der Waals surface area (Å²) in [7, 11) is -7.47. The third kappa shape index (κ3) is 4.96. The Bertz CT molecular complexity index is 967. The number of benzene rings is 2. The van der Waals surface area contributed by atoms with Crippen molar-refractivity contribution >= 4 is 25.5 Å². The Labute approximate surface area is 153 Å². The number of ether oxygens (including phenoxy) is 1. The summed E-state index contributed by atoms with van der Waals surface area (Å²) >= 11 is 0. The van der Waals surface area contributed by atoms with E-state index in [0.29, 0.717) is 0 Å². The van der Waals surface area contributed by atoms with Gasteiger partial charge in [-0.15, -0.1) is 0 Å². The van der Waals surface area contributed by atoms with Gasteiger partial charge in [-0.2, -0.15) is 0 Å². The van der Waals surface area contributed by atoms with Crippen LogP contribution in [0.5, 0.6) is 5.75 Å². The molecule has 2 aromatic rings. The van der Waals surface area contributed by atoms with E-state index in [1.165, 1.54) is 30.3 Å². The number of hydrogen-bond acceptors (Lipinski definition) is 6. The van der Waals surface area contributed by atoms with Crippen molar-refractivity contribution in [3.05, 3.63) is 48.0 Å². The first-order chi connectivity index (χ1) is 12.2. The lowest BCUT2D eigenvalue weighted by atomic mass is 10.2. The van der Waals surface area contributed by atoms with Crippen LogP contribution in [-0.2, 0) is 26.3 Å². The summed E-state index contributed by atoms with van der Waals surface area (Å²) in [6, 6.07) is 10.3. The van der Waals surface area contributed by atoms with Crippen LogP contribution in [0.4, 0.5) is 5.69 Å². The SMILES string of the molecule is CCc1ccc(S(=O)(=O)Nc2cc(S(C)(=O)=O)ccc2OCCO)cc1. The van der Waals surface area contributed by atoms with Gasteiger partial charge in [0.05, 0.1) is 22.1 Å². The van der Waals surface area contributed by atoms with Crippen molar-refractivity contribution in [2.24, 2.45) is 0 Å². The first-order valence-corrected chi connectivity index (χ1v) is 11.2. The number of nitrogens with one attached hydrogen (secondary N) is 1. The van der Waals surface area contributed by atoms with Gasteiger partial charge in [0.25, 0.3) is 10.0 Å². The third-order valence-corrected chi connectivity index (χ3v) is 6.11. The van der Waals surface area contributed by atoms with Crippen molar-refractivity contribution in [3.8, 4) is 5.75 Å². The molecule has 0 unspecified atom stereocenters. The molecule has 0 spiro atoms. The van der Waals surface area contributed by atoms with Gasteiger partial charge in [0, 0.05) is 6.26 Å². The molecule has 2 rings (SSSR count). The molecule has 0 amide bonds. The number of aliphatic hydroxyl groups excluding tert-OH is 1. The van der Waals surface area contributed by atoms with E-state index in [-0.39, 0.29) is 34.4 Å². The first-order valence-electron chi connectivity index (χ1n) is 7.87. The molecule has 0 aliphatic carbocycles. The molecular formula is C17H21NO6S2. The zero-order valence-corrected chi connectivity index (χ0v) is 16.1. The number of anilines is 1. The molecule has 2 N–H and O–H groups in total. The van der Waals surface area contributed by atoms with Gasteiger partial charge in [0.1, 0.15) is 12.4 Å². The van der Waals surface area contributed by atoms with Gasteiger partial charge in [0.15, 0.2) is 9.84 Å². The topological polar surface area (TPSA) is 110 Å². The molecule has 0 bridgehead atoms. The Hall–Kier alpha value is -2.10. The predicted octanol–water partition coefficient (Wildman–Crippen LogP) is 1.82. The lowest BCUT2D eigenvalue weighted by Gasteiger charge is -2.14. The summed E-state index contributed by atoms with van der Waals surface area (Å²) in [6.07, 6.45) is 1.81. The van der Waals surface area contributed by atoms with E-state index < -0.39 is 19.9 Å². The fourth-order valence-corrected chi connectivity index (χ4v) is 3.92. The van der Waals surface area contributed by atoms with Gasteiger partial charge >= 0.3 is 0 Å². The van der Waals surface area contributed by atoms with Crippen LogP contribution in [-0.4, -0.2) is 41.4 Å². The highest BCUT2D eigenvalue weighted by Gasteiger charge is 2.19. The Balaban J connectivity index is 2.43. The van der Waals surface area contributed by atoms with Crippen molar-refractivity contribution in [2.75, 3.05) is 24.2 Å². The maximum Gasteiger partial charge on any atom is 0.262 e. The summed E-state index contributed by atoms with van der Waals surface area (Å²) in [6.45, 7) is 1.64. The Morgan fingerprint density at radius 3 is 2.15 bits per heavy atom. The van der Waals surface area contributed by atoms with E-state index in [1.807, 2.05) is 6.92 Å². The molecule has 0 aliphatic heterocycles. The predicted molar refractivity (Wildman–Crippen MR) is 98.8 cm³/mol. The van der Waals surface area contributed by atoms with Crippen LogP contribution in [0.15, 0.2) is 52.3 Å². The molecule has 0 saturated carbocycles. The van der Waals surface area contributed by atoms with E-state index in [2.05, 4.69) is 4.72 Å². The summed E-state index contributed by atoms with van der Waals surface area (Å²) < 4.78 is 56.4. The Morgan fingerprint density at radius 1 is 1.00 bits per heavy atom. The number of aliphatic hydroxyl groups is 1. The number of aryl methyl sites for hydroxylation is 1. The van der Waals surface area contributed by atoms with Crippen LogP contribution in [0.2, 0.25) is 0 Å². The average Bonchev–Trinajstić information content (AvgIpc) is 2.59. The maximum absolute atomic E-state index is 12.6. The van der Waals surface area contributed by atoms with Crippen LogP contribution in [0, 0.1) is 0 Å². The lowest BCUT2D eigenvalue weighted by Crippen LogP contribution is -2.15. The molecule has 0 fully saturated rings.